The molecule has 0 saturated heterocycles. The third-order valence-electron chi connectivity index (χ3n) is 5.47. The van der Waals surface area contributed by atoms with Crippen LogP contribution in [-0.2, 0) is 23.0 Å². The summed E-state index contributed by atoms with van der Waals surface area (Å²) in [5.74, 6) is 0.905. The van der Waals surface area contributed by atoms with Crippen molar-refractivity contribution >= 4 is 43.3 Å². The van der Waals surface area contributed by atoms with E-state index in [1.54, 1.807) is 0 Å². The molecule has 1 N–H and O–H groups in total. The maximum absolute atomic E-state index is 11.3. The quantitative estimate of drug-likeness (QED) is 0.316. The van der Waals surface area contributed by atoms with Crippen molar-refractivity contribution in [2.45, 2.75) is 25.8 Å². The lowest BCUT2D eigenvalue weighted by Crippen LogP contribution is -2.23. The molecule has 0 aliphatic heterocycles. The Bertz CT molecular complexity index is 1330. The summed E-state index contributed by atoms with van der Waals surface area (Å²) in [7, 11) is -3.17. The van der Waals surface area contributed by atoms with Crippen LogP contribution in [0, 0.1) is 0 Å². The van der Waals surface area contributed by atoms with Crippen molar-refractivity contribution in [3.8, 4) is 5.75 Å². The molecule has 0 amide bonds. The minimum Gasteiger partial charge on any atom is -0.493 e. The number of nitrogens with one attached hydrogen (secondary N) is 1. The van der Waals surface area contributed by atoms with E-state index in [9.17, 15) is 8.42 Å². The molecule has 0 saturated carbocycles. The van der Waals surface area contributed by atoms with Gasteiger partial charge in [0.15, 0.2) is 0 Å². The van der Waals surface area contributed by atoms with Gasteiger partial charge in [-0.25, -0.2) is 13.1 Å². The van der Waals surface area contributed by atoms with Crippen molar-refractivity contribution in [1.82, 2.24) is 9.29 Å². The summed E-state index contributed by atoms with van der Waals surface area (Å²) < 4.78 is 33.4. The van der Waals surface area contributed by atoms with E-state index in [2.05, 4.69) is 39.8 Å². The Labute approximate surface area is 194 Å². The summed E-state index contributed by atoms with van der Waals surface area (Å²) in [5.41, 5.74) is 2.25. The van der Waals surface area contributed by atoms with Gasteiger partial charge in [-0.3, -0.25) is 0 Å². The average molecular weight is 471 g/mol. The van der Waals surface area contributed by atoms with Crippen molar-refractivity contribution in [3.05, 3.63) is 77.4 Å². The van der Waals surface area contributed by atoms with E-state index in [0.29, 0.717) is 26.1 Å². The molecule has 7 heteroatoms. The number of aryl methyl sites for hydroxylation is 2. The standard InChI is InChI=1S/C25H27ClN2O3S/c1-32(29,30)27-15-7-16-28-18-20(25-22(26)12-5-13-23(25)28)10-6-17-31-24-14-4-9-19-8-2-3-11-21(19)24/h2-5,8-9,11-14,18,27H,6-7,10,15-17H2,1H3. The molecule has 32 heavy (non-hydrogen) atoms. The fraction of sp³-hybridized carbons (Fsp3) is 0.280. The highest BCUT2D eigenvalue weighted by molar-refractivity contribution is 7.88. The Morgan fingerprint density at radius 2 is 1.78 bits per heavy atom. The number of rotatable bonds is 10. The molecule has 3 aromatic carbocycles. The van der Waals surface area contributed by atoms with E-state index in [4.69, 9.17) is 16.3 Å². The molecule has 168 valence electrons. The zero-order valence-corrected chi connectivity index (χ0v) is 19.6. The Hall–Kier alpha value is -2.54. The van der Waals surface area contributed by atoms with Gasteiger partial charge >= 0.3 is 0 Å². The van der Waals surface area contributed by atoms with Gasteiger partial charge in [-0.2, -0.15) is 0 Å². The van der Waals surface area contributed by atoms with Crippen LogP contribution in [-0.4, -0.2) is 32.4 Å². The second kappa shape index (κ2) is 9.94. The van der Waals surface area contributed by atoms with Crippen LogP contribution in [0.4, 0.5) is 0 Å². The maximum atomic E-state index is 11.3. The van der Waals surface area contributed by atoms with E-state index in [1.165, 1.54) is 17.2 Å². The first-order valence-corrected chi connectivity index (χ1v) is 13.0. The van der Waals surface area contributed by atoms with Crippen molar-refractivity contribution in [3.63, 3.8) is 0 Å². The number of halogens is 1. The molecule has 0 bridgehead atoms. The fourth-order valence-corrected chi connectivity index (χ4v) is 4.85. The second-order valence-corrected chi connectivity index (χ2v) is 10.2. The zero-order valence-electron chi connectivity index (χ0n) is 18.1. The van der Waals surface area contributed by atoms with Gasteiger partial charge in [-0.1, -0.05) is 54.1 Å². The fourth-order valence-electron chi connectivity index (χ4n) is 4.04. The number of hydrogen-bond donors (Lipinski definition) is 1. The van der Waals surface area contributed by atoms with E-state index < -0.39 is 10.0 Å². The molecule has 4 aromatic rings. The number of hydrogen-bond acceptors (Lipinski definition) is 3. The molecule has 0 spiro atoms. The molecule has 4 rings (SSSR count). The van der Waals surface area contributed by atoms with Crippen LogP contribution in [0.25, 0.3) is 21.7 Å². The van der Waals surface area contributed by atoms with Crippen molar-refractivity contribution < 1.29 is 13.2 Å². The van der Waals surface area contributed by atoms with Gasteiger partial charge in [0.2, 0.25) is 10.0 Å². The minimum absolute atomic E-state index is 0.410. The highest BCUT2D eigenvalue weighted by atomic mass is 35.5. The van der Waals surface area contributed by atoms with Crippen LogP contribution < -0.4 is 9.46 Å². The molecule has 0 aliphatic carbocycles. The van der Waals surface area contributed by atoms with E-state index in [0.717, 1.165) is 39.9 Å². The van der Waals surface area contributed by atoms with Gasteiger partial charge < -0.3 is 9.30 Å². The predicted molar refractivity (Wildman–Crippen MR) is 132 cm³/mol. The number of benzene rings is 3. The highest BCUT2D eigenvalue weighted by Crippen LogP contribution is 2.30. The lowest BCUT2D eigenvalue weighted by Gasteiger charge is -2.09. The highest BCUT2D eigenvalue weighted by Gasteiger charge is 2.12. The van der Waals surface area contributed by atoms with Crippen LogP contribution in [0.15, 0.2) is 66.9 Å². The van der Waals surface area contributed by atoms with Crippen LogP contribution >= 0.6 is 11.6 Å². The lowest BCUT2D eigenvalue weighted by molar-refractivity contribution is 0.315. The third kappa shape index (κ3) is 5.44. The summed E-state index contributed by atoms with van der Waals surface area (Å²) >= 11 is 6.53. The van der Waals surface area contributed by atoms with Gasteiger partial charge in [0, 0.05) is 35.6 Å². The van der Waals surface area contributed by atoms with E-state index in [1.807, 2.05) is 36.4 Å². The largest absolute Gasteiger partial charge is 0.493 e. The Morgan fingerprint density at radius 3 is 2.62 bits per heavy atom. The average Bonchev–Trinajstić information content (AvgIpc) is 3.12. The van der Waals surface area contributed by atoms with Crippen LogP contribution in [0.1, 0.15) is 18.4 Å². The predicted octanol–water partition coefficient (Wildman–Crippen LogP) is 5.40. The van der Waals surface area contributed by atoms with Gasteiger partial charge in [-0.15, -0.1) is 0 Å². The molecule has 0 unspecified atom stereocenters. The van der Waals surface area contributed by atoms with Crippen molar-refractivity contribution in [2.24, 2.45) is 0 Å². The monoisotopic (exact) mass is 470 g/mol. The van der Waals surface area contributed by atoms with E-state index >= 15 is 0 Å². The van der Waals surface area contributed by atoms with Crippen LogP contribution in [0.5, 0.6) is 5.75 Å². The third-order valence-corrected chi connectivity index (χ3v) is 6.51. The Balaban J connectivity index is 1.42. The topological polar surface area (TPSA) is 60.3 Å². The van der Waals surface area contributed by atoms with Gasteiger partial charge in [0.1, 0.15) is 5.75 Å². The molecule has 5 nitrogen and oxygen atoms in total. The first kappa shape index (κ1) is 22.6. The van der Waals surface area contributed by atoms with Gasteiger partial charge in [0.05, 0.1) is 17.9 Å². The van der Waals surface area contributed by atoms with Gasteiger partial charge in [-0.05, 0) is 48.4 Å². The zero-order chi connectivity index (χ0) is 22.6. The molecule has 0 fully saturated rings. The minimum atomic E-state index is -3.17. The van der Waals surface area contributed by atoms with E-state index in [-0.39, 0.29) is 0 Å². The lowest BCUT2D eigenvalue weighted by atomic mass is 10.1. The summed E-state index contributed by atoms with van der Waals surface area (Å²) in [4.78, 5) is 0. The number of fused-ring (bicyclic) bond motifs is 2. The maximum Gasteiger partial charge on any atom is 0.208 e. The first-order chi connectivity index (χ1) is 15.4. The SMILES string of the molecule is CS(=O)(=O)NCCCn1cc(CCCOc2cccc3ccccc23)c2c(Cl)cccc21. The van der Waals surface area contributed by atoms with Crippen molar-refractivity contribution in [1.29, 1.82) is 0 Å². The molecule has 0 aliphatic rings. The summed E-state index contributed by atoms with van der Waals surface area (Å²) in [6.07, 6.45) is 5.72. The van der Waals surface area contributed by atoms with Crippen LogP contribution in [0.3, 0.4) is 0 Å². The normalized spacial score (nSPS) is 11.9. The second-order valence-electron chi connectivity index (χ2n) is 7.93. The Morgan fingerprint density at radius 1 is 1.00 bits per heavy atom. The number of sulfonamides is 1. The molecule has 1 aromatic heterocycles. The summed E-state index contributed by atoms with van der Waals surface area (Å²) in [5, 5.41) is 4.10. The van der Waals surface area contributed by atoms with Crippen molar-refractivity contribution in [2.75, 3.05) is 19.4 Å². The molecule has 0 radical (unpaired) electrons. The van der Waals surface area contributed by atoms with Crippen LogP contribution in [0.2, 0.25) is 5.02 Å². The molecule has 1 heterocycles. The number of nitrogens with zero attached hydrogens (tertiary/aromatic N) is 1. The van der Waals surface area contributed by atoms with Gasteiger partial charge in [0.25, 0.3) is 0 Å². The Kier molecular flexibility index (Phi) is 7.04. The first-order valence-electron chi connectivity index (χ1n) is 10.7. The summed E-state index contributed by atoms with van der Waals surface area (Å²) in [6, 6.07) is 20.3. The summed E-state index contributed by atoms with van der Waals surface area (Å²) in [6.45, 7) is 1.74. The molecule has 0 atom stereocenters. The smallest absolute Gasteiger partial charge is 0.208 e. The number of aromatic nitrogens is 1. The number of ether oxygens (including phenoxy) is 1. The molecular formula is C25H27ClN2O3S. The molecular weight excluding hydrogens is 444 g/mol.